The zero-order chi connectivity index (χ0) is 25.7. The number of amides is 3. The number of halogens is 4. The minimum Gasteiger partial charge on any atom is -0.335 e. The molecule has 7 nitrogen and oxygen atoms in total. The Bertz CT molecular complexity index is 1130. The summed E-state index contributed by atoms with van der Waals surface area (Å²) in [6.07, 6.45) is 4.78. The fourth-order valence-electron chi connectivity index (χ4n) is 4.39. The molecular formula is C25H27ClF3N5O2. The molecule has 3 N–H and O–H groups in total. The molecule has 0 radical (unpaired) electrons. The Hall–Kier alpha value is -3.27. The first-order valence-corrected chi connectivity index (χ1v) is 12.3. The van der Waals surface area contributed by atoms with Gasteiger partial charge in [-0.3, -0.25) is 10.1 Å². The van der Waals surface area contributed by atoms with E-state index in [1.54, 1.807) is 0 Å². The van der Waals surface area contributed by atoms with Gasteiger partial charge in [-0.05, 0) is 74.9 Å². The normalized spacial score (nSPS) is 20.2. The van der Waals surface area contributed by atoms with Gasteiger partial charge in [0.05, 0.1) is 6.04 Å². The SMILES string of the molecule is O=C(NC(=NC1CCC(NC(=O)N2CCCC2)CC1)Nc1cc(F)cc(Cl)c1)c1ccc(F)c(F)c1. The van der Waals surface area contributed by atoms with E-state index in [1.165, 1.54) is 12.1 Å². The number of hydrogen-bond acceptors (Lipinski definition) is 3. The van der Waals surface area contributed by atoms with Gasteiger partial charge in [0, 0.05) is 35.4 Å². The van der Waals surface area contributed by atoms with Gasteiger partial charge in [0.1, 0.15) is 5.82 Å². The molecule has 0 unspecified atom stereocenters. The highest BCUT2D eigenvalue weighted by molar-refractivity contribution is 6.31. The lowest BCUT2D eigenvalue weighted by atomic mass is 9.91. The Kier molecular flexibility index (Phi) is 8.35. The Morgan fingerprint density at radius 1 is 0.944 bits per heavy atom. The van der Waals surface area contributed by atoms with Crippen LogP contribution in [0.4, 0.5) is 23.7 Å². The number of anilines is 1. The molecule has 4 rings (SSSR count). The van der Waals surface area contributed by atoms with Crippen LogP contribution in [0.3, 0.4) is 0 Å². The Morgan fingerprint density at radius 3 is 2.33 bits per heavy atom. The number of benzene rings is 2. The molecule has 2 aromatic carbocycles. The van der Waals surface area contributed by atoms with Gasteiger partial charge in [-0.1, -0.05) is 11.6 Å². The summed E-state index contributed by atoms with van der Waals surface area (Å²) in [7, 11) is 0. The summed E-state index contributed by atoms with van der Waals surface area (Å²) in [6.45, 7) is 1.56. The lowest BCUT2D eigenvalue weighted by Gasteiger charge is -2.29. The van der Waals surface area contributed by atoms with Gasteiger partial charge in [0.15, 0.2) is 11.6 Å². The van der Waals surface area contributed by atoms with Crippen LogP contribution >= 0.6 is 11.6 Å². The van der Waals surface area contributed by atoms with Crippen molar-refractivity contribution in [2.75, 3.05) is 18.4 Å². The van der Waals surface area contributed by atoms with Crippen molar-refractivity contribution in [2.24, 2.45) is 4.99 Å². The average molecular weight is 522 g/mol. The first-order chi connectivity index (χ1) is 17.3. The van der Waals surface area contributed by atoms with E-state index in [2.05, 4.69) is 20.9 Å². The molecule has 0 spiro atoms. The van der Waals surface area contributed by atoms with Crippen molar-refractivity contribution in [2.45, 2.75) is 50.6 Å². The van der Waals surface area contributed by atoms with Gasteiger partial charge < -0.3 is 15.5 Å². The van der Waals surface area contributed by atoms with E-state index < -0.39 is 23.4 Å². The van der Waals surface area contributed by atoms with Gasteiger partial charge in [0.2, 0.25) is 5.96 Å². The number of aliphatic imine (C=N–C) groups is 1. The molecule has 1 aliphatic heterocycles. The van der Waals surface area contributed by atoms with Gasteiger partial charge in [-0.25, -0.2) is 23.0 Å². The largest absolute Gasteiger partial charge is 0.335 e. The third-order valence-corrected chi connectivity index (χ3v) is 6.49. The number of carbonyl (C=O) groups excluding carboxylic acids is 2. The number of nitrogens with zero attached hydrogens (tertiary/aromatic N) is 2. The van der Waals surface area contributed by atoms with Gasteiger partial charge in [-0.2, -0.15) is 0 Å². The Morgan fingerprint density at radius 2 is 1.67 bits per heavy atom. The van der Waals surface area contributed by atoms with Crippen LogP contribution in [0.2, 0.25) is 5.02 Å². The van der Waals surface area contributed by atoms with Crippen LogP contribution in [0.5, 0.6) is 0 Å². The molecule has 3 amide bonds. The quantitative estimate of drug-likeness (QED) is 0.388. The maximum atomic E-state index is 13.8. The minimum atomic E-state index is -1.15. The lowest BCUT2D eigenvalue weighted by molar-refractivity contribution is 0.0976. The second-order valence-electron chi connectivity index (χ2n) is 8.99. The third kappa shape index (κ3) is 6.90. The van der Waals surface area contributed by atoms with Crippen molar-refractivity contribution in [3.8, 4) is 0 Å². The Labute approximate surface area is 212 Å². The van der Waals surface area contributed by atoms with Crippen molar-refractivity contribution in [3.63, 3.8) is 0 Å². The van der Waals surface area contributed by atoms with Crippen LogP contribution in [0, 0.1) is 17.5 Å². The second-order valence-corrected chi connectivity index (χ2v) is 9.43. The van der Waals surface area contributed by atoms with Crippen LogP contribution in [0.1, 0.15) is 48.9 Å². The first kappa shape index (κ1) is 25.8. The second kappa shape index (κ2) is 11.6. The zero-order valence-corrected chi connectivity index (χ0v) is 20.3. The van der Waals surface area contributed by atoms with E-state index in [-0.39, 0.29) is 40.3 Å². The Balaban J connectivity index is 1.44. The maximum Gasteiger partial charge on any atom is 0.317 e. The van der Waals surface area contributed by atoms with Crippen molar-refractivity contribution in [3.05, 3.63) is 64.4 Å². The number of likely N-dealkylation sites (tertiary alicyclic amines) is 1. The van der Waals surface area contributed by atoms with Crippen molar-refractivity contribution in [1.29, 1.82) is 0 Å². The molecule has 1 saturated heterocycles. The number of nitrogens with one attached hydrogen (secondary N) is 3. The number of hydrogen-bond donors (Lipinski definition) is 3. The van der Waals surface area contributed by atoms with Crippen molar-refractivity contribution < 1.29 is 22.8 Å². The highest BCUT2D eigenvalue weighted by Crippen LogP contribution is 2.23. The molecule has 11 heteroatoms. The molecule has 36 heavy (non-hydrogen) atoms. The maximum absolute atomic E-state index is 13.8. The van der Waals surface area contributed by atoms with E-state index in [9.17, 15) is 22.8 Å². The van der Waals surface area contributed by atoms with E-state index in [4.69, 9.17) is 11.6 Å². The van der Waals surface area contributed by atoms with Crippen LogP contribution in [0.25, 0.3) is 0 Å². The standard InChI is InChI=1S/C25H27ClF3N5O2/c26-16-12-17(27)14-20(13-16)31-24(33-23(35)15-3-8-21(28)22(29)11-15)30-18-4-6-19(7-5-18)32-25(36)34-9-1-2-10-34/h3,8,11-14,18-19H,1-2,4-7,9-10H2,(H,32,36)(H2,30,31,33,35). The highest BCUT2D eigenvalue weighted by atomic mass is 35.5. The van der Waals surface area contributed by atoms with E-state index in [1.807, 2.05) is 4.90 Å². The van der Waals surface area contributed by atoms with Gasteiger partial charge in [-0.15, -0.1) is 0 Å². The molecule has 192 valence electrons. The predicted molar refractivity (Wildman–Crippen MR) is 132 cm³/mol. The third-order valence-electron chi connectivity index (χ3n) is 6.27. The number of carbonyl (C=O) groups is 2. The van der Waals surface area contributed by atoms with Crippen LogP contribution in [0.15, 0.2) is 41.4 Å². The summed E-state index contributed by atoms with van der Waals surface area (Å²) in [5.41, 5.74) is 0.157. The highest BCUT2D eigenvalue weighted by Gasteiger charge is 2.26. The first-order valence-electron chi connectivity index (χ1n) is 11.9. The van der Waals surface area contributed by atoms with Gasteiger partial charge in [0.25, 0.3) is 5.91 Å². The van der Waals surface area contributed by atoms with Crippen molar-refractivity contribution >= 4 is 35.2 Å². The van der Waals surface area contributed by atoms with E-state index in [0.717, 1.165) is 50.2 Å². The van der Waals surface area contributed by atoms with E-state index in [0.29, 0.717) is 25.7 Å². The number of rotatable bonds is 4. The molecule has 1 heterocycles. The number of urea groups is 1. The summed E-state index contributed by atoms with van der Waals surface area (Å²) in [6, 6.07) is 6.42. The summed E-state index contributed by atoms with van der Waals surface area (Å²) in [4.78, 5) is 31.5. The summed E-state index contributed by atoms with van der Waals surface area (Å²) in [5, 5.41) is 8.66. The molecule has 0 bridgehead atoms. The van der Waals surface area contributed by atoms with Gasteiger partial charge >= 0.3 is 6.03 Å². The average Bonchev–Trinajstić information content (AvgIpc) is 3.36. The molecule has 0 aromatic heterocycles. The molecule has 1 saturated carbocycles. The van der Waals surface area contributed by atoms with E-state index >= 15 is 0 Å². The summed E-state index contributed by atoms with van der Waals surface area (Å²) in [5.74, 6) is -3.49. The zero-order valence-electron chi connectivity index (χ0n) is 19.5. The van der Waals surface area contributed by atoms with Crippen LogP contribution < -0.4 is 16.0 Å². The molecule has 2 fully saturated rings. The van der Waals surface area contributed by atoms with Crippen LogP contribution in [-0.4, -0.2) is 48.0 Å². The molecule has 0 atom stereocenters. The summed E-state index contributed by atoms with van der Waals surface area (Å²) >= 11 is 5.94. The number of guanidine groups is 1. The summed E-state index contributed by atoms with van der Waals surface area (Å²) < 4.78 is 40.7. The predicted octanol–water partition coefficient (Wildman–Crippen LogP) is 5.07. The fraction of sp³-hybridized carbons (Fsp3) is 0.400. The monoisotopic (exact) mass is 521 g/mol. The van der Waals surface area contributed by atoms with Crippen molar-refractivity contribution in [1.82, 2.24) is 15.5 Å². The lowest BCUT2D eigenvalue weighted by Crippen LogP contribution is -2.45. The molecular weight excluding hydrogens is 495 g/mol. The molecule has 2 aromatic rings. The smallest absolute Gasteiger partial charge is 0.317 e. The topological polar surface area (TPSA) is 85.8 Å². The fourth-order valence-corrected chi connectivity index (χ4v) is 4.62. The van der Waals surface area contributed by atoms with Crippen LogP contribution in [-0.2, 0) is 0 Å². The minimum absolute atomic E-state index is 0.0240. The molecule has 2 aliphatic rings. The molecule has 1 aliphatic carbocycles.